The van der Waals surface area contributed by atoms with Gasteiger partial charge in [-0.1, -0.05) is 59.9 Å². The maximum atomic E-state index is 15.6. The number of piperidine rings is 1. The molecule has 6 rings (SSSR count). The van der Waals surface area contributed by atoms with Gasteiger partial charge in [-0.2, -0.15) is 13.2 Å². The highest BCUT2D eigenvalue weighted by Gasteiger charge is 2.31. The molecule has 0 atom stereocenters. The quantitative estimate of drug-likeness (QED) is 0.0940. The van der Waals surface area contributed by atoms with Gasteiger partial charge in [-0.3, -0.25) is 9.59 Å². The minimum absolute atomic E-state index is 0.0604. The van der Waals surface area contributed by atoms with Gasteiger partial charge in [-0.25, -0.2) is 8.78 Å². The highest BCUT2D eigenvalue weighted by molar-refractivity contribution is 7.98. The first kappa shape index (κ1) is 19.7. The Hall–Kier alpha value is -4.52. The zero-order valence-electron chi connectivity index (χ0n) is 48.7. The van der Waals surface area contributed by atoms with Gasteiger partial charge in [0.1, 0.15) is 6.50 Å². The number of benzene rings is 4. The van der Waals surface area contributed by atoms with E-state index in [9.17, 15) is 27.8 Å². The lowest BCUT2D eigenvalue weighted by Crippen LogP contribution is -2.48. The minimum Gasteiger partial charge on any atom is -0.383 e. The summed E-state index contributed by atoms with van der Waals surface area (Å²) in [6.45, 7) is -9.77. The van der Waals surface area contributed by atoms with Crippen molar-refractivity contribution >= 4 is 28.6 Å². The van der Waals surface area contributed by atoms with Crippen molar-refractivity contribution in [1.82, 2.24) is 14.4 Å². The number of hydrogen-bond acceptors (Lipinski definition) is 5. The van der Waals surface area contributed by atoms with E-state index in [-0.39, 0.29) is 39.9 Å². The maximum Gasteiger partial charge on any atom is 0.416 e. The van der Waals surface area contributed by atoms with Crippen LogP contribution in [-0.4, -0.2) is 59.6 Å². The molecule has 0 aliphatic carbocycles. The van der Waals surface area contributed by atoms with E-state index in [4.69, 9.17) is 28.0 Å². The highest BCUT2D eigenvalue weighted by atomic mass is 32.2. The summed E-state index contributed by atoms with van der Waals surface area (Å²) in [4.78, 5) is 31.2. The summed E-state index contributed by atoms with van der Waals surface area (Å²) in [5.74, 6) is -6.85. The fourth-order valence-corrected chi connectivity index (χ4v) is 6.05. The number of amides is 1. The molecule has 0 spiro atoms. The zero-order chi connectivity index (χ0) is 56.1. The third-order valence-electron chi connectivity index (χ3n) is 7.79. The van der Waals surface area contributed by atoms with Gasteiger partial charge in [-0.15, -0.1) is 11.8 Å². The second-order valence-corrected chi connectivity index (χ2v) is 12.3. The van der Waals surface area contributed by atoms with Crippen LogP contribution in [0.15, 0.2) is 100 Å². The maximum absolute atomic E-state index is 15.6. The van der Waals surface area contributed by atoms with Crippen LogP contribution in [0.1, 0.15) is 63.9 Å². The number of likely N-dealkylation sites (tertiary alicyclic amines) is 1. The van der Waals surface area contributed by atoms with Crippen LogP contribution in [0.2, 0.25) is 0 Å². The second-order valence-electron chi connectivity index (χ2n) is 11.3. The standard InChI is InChI=1S/C41H40F5N3O3S/c1-27-6-15-36-34(22-27)37(50)23-39(53-26-31-4-3-5-35(42)40(31)43)49(36)25-38(51)48(33-16-18-47(19-17-33)20-21-52-2)24-28-7-9-29(10-8-28)30-11-13-32(14-12-30)41(44,45)46/h3-15,22-23,33H,16-21,24-26H2,1-2H3/i3D,4D,5D,6D,7D,8D,9D,10D,11D,12D,13D,14D,15D,21D2,22D,23D,24D2,25D2. The number of fused-ring (bicyclic) bond motifs is 1. The van der Waals surface area contributed by atoms with E-state index >= 15 is 9.18 Å². The molecule has 1 aliphatic heterocycles. The number of ether oxygens (including phenoxy) is 1. The van der Waals surface area contributed by atoms with Gasteiger partial charge in [0.15, 0.2) is 17.1 Å². The molecule has 0 radical (unpaired) electrons. The molecular formula is C41H40F5N3O3S. The van der Waals surface area contributed by atoms with E-state index in [0.717, 1.165) is 14.0 Å². The molecular weight excluding hydrogens is 710 g/mol. The number of aromatic nitrogens is 1. The van der Waals surface area contributed by atoms with E-state index in [1.807, 2.05) is 0 Å². The highest BCUT2D eigenvalue weighted by Crippen LogP contribution is 2.32. The predicted molar refractivity (Wildman–Crippen MR) is 198 cm³/mol. The SMILES string of the molecule is [2H]c1c([2H])c(F)c(F)c(CSc2c([2H])c(=O)c3c([2H])c(C)c([2H])c([2H])c3n2C([2H])([2H])C(=O)N(C2CCN(CC([2H])([2H])OC)CC2)C([2H])([2H])c2c([2H])c([2H])c(-c3c([2H])c([2H])c(C(F)(F)F)c([2H])c3[2H])c([2H])c2[2H])c1[2H]. The van der Waals surface area contributed by atoms with Gasteiger partial charge in [-0.05, 0) is 66.7 Å². The zero-order valence-corrected chi connectivity index (χ0v) is 28.5. The molecule has 278 valence electrons. The van der Waals surface area contributed by atoms with E-state index in [2.05, 4.69) is 0 Å². The van der Waals surface area contributed by atoms with Crippen molar-refractivity contribution in [2.75, 3.05) is 33.3 Å². The molecule has 4 aromatic carbocycles. The minimum atomic E-state index is -5.44. The monoisotopic (exact) mass is 770 g/mol. The van der Waals surface area contributed by atoms with Crippen LogP contribution < -0.4 is 5.43 Å². The van der Waals surface area contributed by atoms with Crippen molar-refractivity contribution in [3.63, 3.8) is 0 Å². The molecule has 2 heterocycles. The lowest BCUT2D eigenvalue weighted by Gasteiger charge is -2.39. The fraction of sp³-hybridized carbons (Fsp3) is 0.317. The van der Waals surface area contributed by atoms with Crippen molar-refractivity contribution in [1.29, 1.82) is 0 Å². The first-order valence-electron chi connectivity index (χ1n) is 26.1. The van der Waals surface area contributed by atoms with Gasteiger partial charge in [0.05, 0.1) is 51.5 Å². The third-order valence-corrected chi connectivity index (χ3v) is 8.78. The van der Waals surface area contributed by atoms with Crippen LogP contribution in [0, 0.1) is 18.6 Å². The molecule has 0 unspecified atom stereocenters. The first-order chi connectivity index (χ1) is 33.9. The second kappa shape index (κ2) is 16.7. The number of alkyl halides is 3. The Bertz CT molecular complexity index is 3160. The average Bonchev–Trinajstić information content (AvgIpc) is 3.32. The van der Waals surface area contributed by atoms with Gasteiger partial charge in [0.2, 0.25) is 5.91 Å². The number of carbonyl (C=O) groups excluding carboxylic acids is 1. The summed E-state index contributed by atoms with van der Waals surface area (Å²) in [5, 5.41) is -1.97. The van der Waals surface area contributed by atoms with E-state index in [0.29, 0.717) is 0 Å². The summed E-state index contributed by atoms with van der Waals surface area (Å²) in [6.07, 6.45) is -6.25. The molecule has 1 saturated heterocycles. The Morgan fingerprint density at radius 3 is 2.32 bits per heavy atom. The van der Waals surface area contributed by atoms with Gasteiger partial charge in [0.25, 0.3) is 0 Å². The Balaban J connectivity index is 1.66. The smallest absolute Gasteiger partial charge is 0.383 e. The fourth-order valence-electron chi connectivity index (χ4n) is 5.14. The van der Waals surface area contributed by atoms with Crippen LogP contribution in [0.25, 0.3) is 22.0 Å². The number of rotatable bonds is 12. The van der Waals surface area contributed by atoms with Gasteiger partial charge in [0, 0.05) is 62.0 Å². The van der Waals surface area contributed by atoms with Crippen molar-refractivity contribution < 1.29 is 60.3 Å². The molecule has 0 saturated carbocycles. The molecule has 53 heavy (non-hydrogen) atoms. The van der Waals surface area contributed by atoms with Crippen molar-refractivity contribution in [3.05, 3.63) is 135 Å². The Morgan fingerprint density at radius 1 is 0.981 bits per heavy atom. The number of pyridine rings is 1. The molecule has 12 heteroatoms. The van der Waals surface area contributed by atoms with Crippen molar-refractivity contribution in [2.24, 2.45) is 0 Å². The molecule has 6 nitrogen and oxygen atoms in total. The third kappa shape index (κ3) is 9.17. The van der Waals surface area contributed by atoms with Gasteiger partial charge >= 0.3 is 6.18 Å². The number of thioether (sulfide) groups is 1. The summed E-state index contributed by atoms with van der Waals surface area (Å²) < 4.78 is 259. The number of methoxy groups -OCH3 is 1. The number of carbonyl (C=O) groups is 1. The summed E-state index contributed by atoms with van der Waals surface area (Å²) >= 11 is 0.0604. The summed E-state index contributed by atoms with van der Waals surface area (Å²) in [6, 6.07) is -21.0. The van der Waals surface area contributed by atoms with E-state index < -0.39 is 214 Å². The lowest BCUT2D eigenvalue weighted by atomic mass is 10.00. The van der Waals surface area contributed by atoms with Crippen LogP contribution in [-0.2, 0) is 34.5 Å². The largest absolute Gasteiger partial charge is 0.416 e. The summed E-state index contributed by atoms with van der Waals surface area (Å²) in [5.41, 5.74) is -9.47. The Morgan fingerprint density at radius 2 is 1.66 bits per heavy atom. The van der Waals surface area contributed by atoms with Crippen molar-refractivity contribution in [3.8, 4) is 11.1 Å². The van der Waals surface area contributed by atoms with E-state index in [1.54, 1.807) is 0 Å². The molecule has 1 aromatic heterocycles. The molecule has 1 fully saturated rings. The Kier molecular flexibility index (Phi) is 6.19. The van der Waals surface area contributed by atoms with Crippen molar-refractivity contribution in [2.45, 2.75) is 55.8 Å². The number of halogens is 5. The lowest BCUT2D eigenvalue weighted by molar-refractivity contribution is -0.137. The van der Waals surface area contributed by atoms with E-state index in [1.165, 1.54) is 4.90 Å². The molecule has 0 bridgehead atoms. The molecule has 5 aromatic rings. The Labute approximate surface area is 338 Å². The molecule has 0 N–H and O–H groups in total. The molecule has 1 aliphatic rings. The first-order valence-corrected chi connectivity index (χ1v) is 16.5. The average molecular weight is 771 g/mol. The number of nitrogens with zero attached hydrogens (tertiary/aromatic N) is 3. The molecule has 1 amide bonds. The summed E-state index contributed by atoms with van der Waals surface area (Å²) in [7, 11) is 1.07. The predicted octanol–water partition coefficient (Wildman–Crippen LogP) is 8.71. The number of hydrogen-bond donors (Lipinski definition) is 0. The van der Waals surface area contributed by atoms with Crippen LogP contribution in [0.3, 0.4) is 0 Å². The normalized spacial score (nSPS) is 20.6. The van der Waals surface area contributed by atoms with Crippen LogP contribution in [0.5, 0.6) is 0 Å². The van der Waals surface area contributed by atoms with Crippen LogP contribution >= 0.6 is 11.8 Å². The topological polar surface area (TPSA) is 54.8 Å². The van der Waals surface area contributed by atoms with Gasteiger partial charge < -0.3 is 19.1 Å². The van der Waals surface area contributed by atoms with Crippen LogP contribution in [0.4, 0.5) is 22.0 Å².